The Labute approximate surface area is 78.9 Å². The second-order valence-corrected chi connectivity index (χ2v) is 3.20. The van der Waals surface area contributed by atoms with E-state index in [1.54, 1.807) is 0 Å². The van der Waals surface area contributed by atoms with Gasteiger partial charge in [-0.1, -0.05) is 0 Å². The molecule has 0 radical (unpaired) electrons. The number of aryl methyl sites for hydroxylation is 1. The molecule has 13 heavy (non-hydrogen) atoms. The van der Waals surface area contributed by atoms with E-state index in [9.17, 15) is 0 Å². The van der Waals surface area contributed by atoms with Crippen molar-refractivity contribution in [3.05, 3.63) is 17.8 Å². The number of likely N-dealkylation sites (N-methyl/N-ethyl adjacent to an activating group) is 2. The highest BCUT2D eigenvalue weighted by Gasteiger charge is 2.05. The first-order chi connectivity index (χ1) is 6.24. The maximum absolute atomic E-state index is 5.12. The summed E-state index contributed by atoms with van der Waals surface area (Å²) >= 11 is 0. The summed E-state index contributed by atoms with van der Waals surface area (Å²) in [7, 11) is 4.03. The maximum atomic E-state index is 5.12. The molecule has 1 aromatic heterocycles. The van der Waals surface area contributed by atoms with Crippen molar-refractivity contribution in [1.29, 1.82) is 0 Å². The molecule has 0 atom stereocenters. The second kappa shape index (κ2) is 4.99. The Kier molecular flexibility index (Phi) is 3.92. The predicted molar refractivity (Wildman–Crippen MR) is 51.5 cm³/mol. The van der Waals surface area contributed by atoms with Crippen molar-refractivity contribution in [3.8, 4) is 0 Å². The van der Waals surface area contributed by atoms with E-state index in [0.717, 1.165) is 31.1 Å². The Bertz CT molecular complexity index is 247. The SMILES string of the molecule is CNCCN(C)Cc1ncoc1C. The smallest absolute Gasteiger partial charge is 0.181 e. The molecule has 4 nitrogen and oxygen atoms in total. The number of hydrogen-bond donors (Lipinski definition) is 1. The van der Waals surface area contributed by atoms with Gasteiger partial charge in [-0.05, 0) is 21.0 Å². The lowest BCUT2D eigenvalue weighted by atomic mass is 10.3. The van der Waals surface area contributed by atoms with Crippen LogP contribution in [0.15, 0.2) is 10.8 Å². The molecule has 0 unspecified atom stereocenters. The van der Waals surface area contributed by atoms with Gasteiger partial charge in [0.15, 0.2) is 6.39 Å². The Balaban J connectivity index is 2.36. The van der Waals surface area contributed by atoms with Crippen LogP contribution in [0.4, 0.5) is 0 Å². The van der Waals surface area contributed by atoms with E-state index in [4.69, 9.17) is 4.42 Å². The Hall–Kier alpha value is -0.870. The van der Waals surface area contributed by atoms with Crippen LogP contribution in [-0.2, 0) is 6.54 Å². The normalized spacial score (nSPS) is 11.1. The van der Waals surface area contributed by atoms with Crippen LogP contribution in [0, 0.1) is 6.92 Å². The third-order valence-electron chi connectivity index (χ3n) is 2.01. The van der Waals surface area contributed by atoms with Crippen LogP contribution in [0.1, 0.15) is 11.5 Å². The molecule has 0 aliphatic heterocycles. The molecule has 0 amide bonds. The zero-order chi connectivity index (χ0) is 9.68. The summed E-state index contributed by atoms with van der Waals surface area (Å²) in [6.45, 7) is 4.80. The first kappa shape index (κ1) is 10.2. The Morgan fingerprint density at radius 2 is 2.38 bits per heavy atom. The van der Waals surface area contributed by atoms with E-state index in [1.807, 2.05) is 14.0 Å². The first-order valence-electron chi connectivity index (χ1n) is 4.46. The van der Waals surface area contributed by atoms with Crippen molar-refractivity contribution < 1.29 is 4.42 Å². The number of aromatic nitrogens is 1. The molecule has 0 saturated heterocycles. The lowest BCUT2D eigenvalue weighted by molar-refractivity contribution is 0.322. The highest BCUT2D eigenvalue weighted by atomic mass is 16.3. The average molecular weight is 183 g/mol. The fourth-order valence-corrected chi connectivity index (χ4v) is 1.12. The molecule has 1 heterocycles. The highest BCUT2D eigenvalue weighted by molar-refractivity contribution is 5.04. The third kappa shape index (κ3) is 3.16. The predicted octanol–water partition coefficient (Wildman–Crippen LogP) is 0.634. The molecule has 0 aliphatic rings. The minimum atomic E-state index is 0.851. The molecular formula is C9H17N3O. The summed E-state index contributed by atoms with van der Waals surface area (Å²) in [5.41, 5.74) is 1.03. The van der Waals surface area contributed by atoms with Gasteiger partial charge in [-0.2, -0.15) is 0 Å². The van der Waals surface area contributed by atoms with Crippen LogP contribution in [-0.4, -0.2) is 37.1 Å². The summed E-state index contributed by atoms with van der Waals surface area (Å²) in [6, 6.07) is 0. The lowest BCUT2D eigenvalue weighted by Gasteiger charge is -2.14. The van der Waals surface area contributed by atoms with Gasteiger partial charge in [0.05, 0.1) is 5.69 Å². The van der Waals surface area contributed by atoms with E-state index < -0.39 is 0 Å². The van der Waals surface area contributed by atoms with Gasteiger partial charge in [-0.15, -0.1) is 0 Å². The van der Waals surface area contributed by atoms with Crippen LogP contribution in [0.2, 0.25) is 0 Å². The molecule has 0 saturated carbocycles. The molecular weight excluding hydrogens is 166 g/mol. The number of hydrogen-bond acceptors (Lipinski definition) is 4. The fraction of sp³-hybridized carbons (Fsp3) is 0.667. The average Bonchev–Trinajstić information content (AvgIpc) is 2.48. The molecule has 1 aromatic rings. The molecule has 0 spiro atoms. The monoisotopic (exact) mass is 183 g/mol. The minimum absolute atomic E-state index is 0.851. The van der Waals surface area contributed by atoms with E-state index in [2.05, 4.69) is 22.2 Å². The van der Waals surface area contributed by atoms with Crippen molar-refractivity contribution in [1.82, 2.24) is 15.2 Å². The molecule has 1 N–H and O–H groups in total. The van der Waals surface area contributed by atoms with Crippen LogP contribution in [0.3, 0.4) is 0 Å². The Morgan fingerprint density at radius 3 is 2.92 bits per heavy atom. The van der Waals surface area contributed by atoms with Gasteiger partial charge >= 0.3 is 0 Å². The van der Waals surface area contributed by atoms with Crippen LogP contribution < -0.4 is 5.32 Å². The van der Waals surface area contributed by atoms with Crippen molar-refractivity contribution >= 4 is 0 Å². The van der Waals surface area contributed by atoms with Gasteiger partial charge in [0.1, 0.15) is 5.76 Å². The lowest BCUT2D eigenvalue weighted by Crippen LogP contribution is -2.27. The minimum Gasteiger partial charge on any atom is -0.448 e. The fourth-order valence-electron chi connectivity index (χ4n) is 1.12. The van der Waals surface area contributed by atoms with E-state index in [1.165, 1.54) is 6.39 Å². The summed E-state index contributed by atoms with van der Waals surface area (Å²) in [4.78, 5) is 6.34. The van der Waals surface area contributed by atoms with Crippen molar-refractivity contribution in [3.63, 3.8) is 0 Å². The Morgan fingerprint density at radius 1 is 1.62 bits per heavy atom. The van der Waals surface area contributed by atoms with Crippen LogP contribution in [0.25, 0.3) is 0 Å². The molecule has 1 rings (SSSR count). The van der Waals surface area contributed by atoms with Gasteiger partial charge < -0.3 is 9.73 Å². The van der Waals surface area contributed by atoms with Gasteiger partial charge in [-0.3, -0.25) is 4.90 Å². The summed E-state index contributed by atoms with van der Waals surface area (Å²) in [5.74, 6) is 0.913. The number of nitrogens with one attached hydrogen (secondary N) is 1. The van der Waals surface area contributed by atoms with Gasteiger partial charge in [0.2, 0.25) is 0 Å². The molecule has 74 valence electrons. The van der Waals surface area contributed by atoms with Crippen molar-refractivity contribution in [2.75, 3.05) is 27.2 Å². The number of oxazole rings is 1. The van der Waals surface area contributed by atoms with Crippen LogP contribution in [0.5, 0.6) is 0 Å². The summed E-state index contributed by atoms with van der Waals surface area (Å²) in [5, 5.41) is 3.11. The quantitative estimate of drug-likeness (QED) is 0.727. The summed E-state index contributed by atoms with van der Waals surface area (Å²) in [6.07, 6.45) is 1.50. The molecule has 0 aliphatic carbocycles. The standard InChI is InChI=1S/C9H17N3O/c1-8-9(11-7-13-8)6-12(3)5-4-10-2/h7,10H,4-6H2,1-3H3. The van der Waals surface area contributed by atoms with Crippen molar-refractivity contribution in [2.24, 2.45) is 0 Å². The number of nitrogens with zero attached hydrogens (tertiary/aromatic N) is 2. The molecule has 0 fully saturated rings. The molecule has 4 heteroatoms. The second-order valence-electron chi connectivity index (χ2n) is 3.20. The molecule has 0 aromatic carbocycles. The third-order valence-corrected chi connectivity index (χ3v) is 2.01. The first-order valence-corrected chi connectivity index (χ1v) is 4.46. The van der Waals surface area contributed by atoms with Gasteiger partial charge in [-0.25, -0.2) is 4.98 Å². The van der Waals surface area contributed by atoms with E-state index >= 15 is 0 Å². The topological polar surface area (TPSA) is 41.3 Å². The van der Waals surface area contributed by atoms with E-state index in [0.29, 0.717) is 0 Å². The zero-order valence-corrected chi connectivity index (χ0v) is 8.50. The molecule has 0 bridgehead atoms. The van der Waals surface area contributed by atoms with Gasteiger partial charge in [0, 0.05) is 19.6 Å². The van der Waals surface area contributed by atoms with Crippen LogP contribution >= 0.6 is 0 Å². The van der Waals surface area contributed by atoms with E-state index in [-0.39, 0.29) is 0 Å². The van der Waals surface area contributed by atoms with Gasteiger partial charge in [0.25, 0.3) is 0 Å². The maximum Gasteiger partial charge on any atom is 0.181 e. The largest absolute Gasteiger partial charge is 0.448 e. The number of rotatable bonds is 5. The van der Waals surface area contributed by atoms with Crippen molar-refractivity contribution in [2.45, 2.75) is 13.5 Å². The summed E-state index contributed by atoms with van der Waals surface area (Å²) < 4.78 is 5.12. The highest BCUT2D eigenvalue weighted by Crippen LogP contribution is 2.06. The zero-order valence-electron chi connectivity index (χ0n) is 8.50.